The number of pyridine rings is 1. The number of guanidine groups is 2. The SMILES string of the molecule is CC(C)CC1NC(=O)C(CC(C)C)NC(=O)C(CCCNC(=N)N)NC(=O)C(CCCCN)NC(=O)C(C)(C)NC(=O)C(CC(C)C)NC(=O)C(CCCCN)NC(=O)C(CCCNC(=N)N)NC(=O)C(CC(C)C)NC(=O)C(NC(=O)C(CO)NC(=O)C(C)NC(=O)c2ccccn2)CSSCC(C=O)NC1=O. The number of nitrogens with zero attached hydrogens (tertiary/aromatic N) is 1. The van der Waals surface area contributed by atoms with E-state index >= 15 is 0 Å². The van der Waals surface area contributed by atoms with Gasteiger partial charge in [-0.05, 0) is 160 Å². The van der Waals surface area contributed by atoms with Crippen LogP contribution in [0.15, 0.2) is 24.4 Å². The molecule has 0 aliphatic carbocycles. The molecule has 2 rings (SSSR count). The second kappa shape index (κ2) is 50.7. The van der Waals surface area contributed by atoms with Crippen molar-refractivity contribution < 1.29 is 72.2 Å². The van der Waals surface area contributed by atoms with E-state index in [1.54, 1.807) is 67.5 Å². The van der Waals surface area contributed by atoms with Crippen LogP contribution in [0.1, 0.15) is 177 Å². The molecule has 0 bridgehead atoms. The summed E-state index contributed by atoms with van der Waals surface area (Å²) in [4.78, 5) is 204. The van der Waals surface area contributed by atoms with Gasteiger partial charge in [-0.1, -0.05) is 83.0 Å². The van der Waals surface area contributed by atoms with Gasteiger partial charge < -0.3 is 113 Å². The van der Waals surface area contributed by atoms with Crippen molar-refractivity contribution in [2.45, 2.75) is 244 Å². The normalized spacial score (nSPS) is 23.0. The lowest BCUT2D eigenvalue weighted by molar-refractivity contribution is -0.138. The second-order valence-electron chi connectivity index (χ2n) is 29.2. The van der Waals surface area contributed by atoms with Crippen LogP contribution in [0.5, 0.6) is 0 Å². The van der Waals surface area contributed by atoms with Crippen molar-refractivity contribution in [2.24, 2.45) is 46.6 Å². The van der Waals surface area contributed by atoms with Gasteiger partial charge in [-0.15, -0.1) is 0 Å². The zero-order valence-electron chi connectivity index (χ0n) is 64.7. The number of nitrogens with two attached hydrogens (primary N) is 4. The van der Waals surface area contributed by atoms with E-state index in [1.807, 2.05) is 0 Å². The maximum Gasteiger partial charge on any atom is 0.270 e. The van der Waals surface area contributed by atoms with Gasteiger partial charge in [0.15, 0.2) is 11.9 Å². The summed E-state index contributed by atoms with van der Waals surface area (Å²) in [5.74, 6) is -13.8. The summed E-state index contributed by atoms with van der Waals surface area (Å²) in [7, 11) is 1.88. The maximum atomic E-state index is 14.8. The minimum absolute atomic E-state index is 0.00183. The molecule has 1 aliphatic rings. The number of unbranched alkanes of at least 4 members (excludes halogenated alkanes) is 2. The largest absolute Gasteiger partial charge is 0.394 e. The van der Waals surface area contributed by atoms with Crippen molar-refractivity contribution in [3.63, 3.8) is 0 Å². The minimum Gasteiger partial charge on any atom is -0.394 e. The number of aliphatic hydroxyl groups excluding tert-OH is 1. The molecule has 26 N–H and O–H groups in total. The average molecular weight is 1580 g/mol. The van der Waals surface area contributed by atoms with E-state index in [0.717, 1.165) is 21.6 Å². The van der Waals surface area contributed by atoms with E-state index in [0.29, 0.717) is 25.5 Å². The molecule has 1 aromatic rings. The molecule has 1 saturated heterocycles. The van der Waals surface area contributed by atoms with Crippen molar-refractivity contribution in [1.29, 1.82) is 10.8 Å². The first-order valence-electron chi connectivity index (χ1n) is 37.1. The van der Waals surface area contributed by atoms with Gasteiger partial charge in [-0.2, -0.15) is 0 Å². The van der Waals surface area contributed by atoms with Gasteiger partial charge in [0.05, 0.1) is 12.6 Å². The molecule has 109 heavy (non-hydrogen) atoms. The molecule has 37 nitrogen and oxygen atoms in total. The quantitative estimate of drug-likeness (QED) is 0.0112. The molecular weight excluding hydrogens is 1450 g/mol. The van der Waals surface area contributed by atoms with Crippen molar-refractivity contribution in [2.75, 3.05) is 44.3 Å². The van der Waals surface area contributed by atoms with Crippen LogP contribution in [-0.4, -0.2) is 227 Å². The zero-order chi connectivity index (χ0) is 82.1. The van der Waals surface area contributed by atoms with E-state index < -0.39 is 167 Å². The number of aromatic nitrogens is 1. The van der Waals surface area contributed by atoms with E-state index in [1.165, 1.54) is 33.0 Å². The Balaban J connectivity index is 2.97. The summed E-state index contributed by atoms with van der Waals surface area (Å²) >= 11 is 0. The lowest BCUT2D eigenvalue weighted by Gasteiger charge is -2.32. The molecule has 12 atom stereocenters. The highest BCUT2D eigenvalue weighted by molar-refractivity contribution is 8.76. The number of hydrogen-bond donors (Lipinski definition) is 22. The lowest BCUT2D eigenvalue weighted by Crippen LogP contribution is -2.63. The first-order chi connectivity index (χ1) is 51.4. The van der Waals surface area contributed by atoms with Crippen LogP contribution in [0.4, 0.5) is 0 Å². The van der Waals surface area contributed by atoms with Gasteiger partial charge in [0.25, 0.3) is 5.91 Å². The minimum atomic E-state index is -1.83. The van der Waals surface area contributed by atoms with Gasteiger partial charge >= 0.3 is 0 Å². The van der Waals surface area contributed by atoms with Crippen LogP contribution >= 0.6 is 21.6 Å². The number of nitrogens with one attached hydrogen (secondary N) is 17. The number of aldehydes is 1. The van der Waals surface area contributed by atoms with Gasteiger partial charge in [0.1, 0.15) is 84.0 Å². The summed E-state index contributed by atoms with van der Waals surface area (Å²) in [6.07, 6.45) is 3.09. The van der Waals surface area contributed by atoms with Crippen LogP contribution in [0.25, 0.3) is 0 Å². The van der Waals surface area contributed by atoms with Crippen LogP contribution in [0.3, 0.4) is 0 Å². The van der Waals surface area contributed by atoms with Crippen LogP contribution in [0, 0.1) is 34.5 Å². The Kier molecular flexibility index (Phi) is 44.7. The lowest BCUT2D eigenvalue weighted by atomic mass is 9.98. The molecule has 2 heterocycles. The number of carbonyl (C=O) groups is 14. The monoisotopic (exact) mass is 1570 g/mol. The molecule has 39 heteroatoms. The Morgan fingerprint density at radius 3 is 1.31 bits per heavy atom. The summed E-state index contributed by atoms with van der Waals surface area (Å²) in [5, 5.41) is 65.7. The molecule has 0 aromatic carbocycles. The predicted molar refractivity (Wildman–Crippen MR) is 415 cm³/mol. The summed E-state index contributed by atoms with van der Waals surface area (Å²) in [6, 6.07) is -12.5. The van der Waals surface area contributed by atoms with Crippen LogP contribution in [0.2, 0.25) is 0 Å². The second-order valence-corrected chi connectivity index (χ2v) is 31.7. The molecule has 1 aromatic heterocycles. The van der Waals surface area contributed by atoms with E-state index in [9.17, 15) is 72.2 Å². The number of aliphatic hydroxyl groups is 1. The molecule has 13 amide bonds. The molecule has 614 valence electrons. The third-order valence-electron chi connectivity index (χ3n) is 16.9. The van der Waals surface area contributed by atoms with Gasteiger partial charge in [0, 0.05) is 30.8 Å². The summed E-state index contributed by atoms with van der Waals surface area (Å²) < 4.78 is 0. The van der Waals surface area contributed by atoms with Crippen molar-refractivity contribution in [1.82, 2.24) is 84.7 Å². The highest BCUT2D eigenvalue weighted by Crippen LogP contribution is 2.24. The number of rotatable bonds is 32. The topological polar surface area (TPSA) is 604 Å². The summed E-state index contributed by atoms with van der Waals surface area (Å²) in [5.41, 5.74) is 21.0. The Morgan fingerprint density at radius 1 is 0.532 bits per heavy atom. The van der Waals surface area contributed by atoms with Gasteiger partial charge in [-0.3, -0.25) is 78.1 Å². The highest BCUT2D eigenvalue weighted by Gasteiger charge is 2.40. The smallest absolute Gasteiger partial charge is 0.270 e. The van der Waals surface area contributed by atoms with Crippen molar-refractivity contribution in [3.8, 4) is 0 Å². The van der Waals surface area contributed by atoms with E-state index in [4.69, 9.17) is 33.8 Å². The Morgan fingerprint density at radius 2 is 0.917 bits per heavy atom. The Bertz CT molecular complexity index is 3170. The predicted octanol–water partition coefficient (Wildman–Crippen LogP) is -3.02. The Hall–Kier alpha value is -8.95. The van der Waals surface area contributed by atoms with Crippen LogP contribution in [-0.2, 0) is 62.3 Å². The third kappa shape index (κ3) is 37.8. The fourth-order valence-electron chi connectivity index (χ4n) is 11.0. The first kappa shape index (κ1) is 96.1. The molecule has 12 unspecified atom stereocenters. The molecular formula is C70H122N22O15S2. The van der Waals surface area contributed by atoms with Crippen molar-refractivity contribution >= 4 is 117 Å². The fraction of sp³-hybridized carbons (Fsp3) is 0.700. The zero-order valence-corrected chi connectivity index (χ0v) is 66.3. The molecule has 1 aliphatic heterocycles. The maximum absolute atomic E-state index is 14.8. The van der Waals surface area contributed by atoms with E-state index in [-0.39, 0.29) is 144 Å². The van der Waals surface area contributed by atoms with E-state index in [2.05, 4.69) is 84.7 Å². The number of carbonyl (C=O) groups excluding carboxylic acids is 14. The fourth-order valence-corrected chi connectivity index (χ4v) is 13.3. The molecule has 1 fully saturated rings. The molecule has 0 saturated carbocycles. The van der Waals surface area contributed by atoms with Crippen molar-refractivity contribution in [3.05, 3.63) is 30.1 Å². The number of amides is 13. The standard InChI is InChI=1S/C70H122N22O15S2/c1-38(2)30-49-61(101)81-43(34-93)36-108-109-37-54(90-64(104)53(35-94)89-55(95)42(9)80-56(96)44-20-14-17-27-77-44)65(105)87-50(31-39(3)4)62(102)84-46(23-18-28-78-68(73)74)57(97)82-45(21-12-15-25-71)58(98)88-52(33-41(7)8)66(106)92-70(10,11)67(107)91-48(22-13-16-26-72)60(100)83-47(24-19-29-79-69(75)76)59(99)85-51(32-40(5)6)63(103)86-49/h14,17,20,27,34,38-43,45-54,94H,12-13,15-16,18-19,21-26,28-33,35-37,71-72H2,1-11H3,(H,80,96)(H,81,101)(H,82,97)(H,83,100)(H,84,102)(H,85,99)(H,86,103)(H,87,105)(H,88,98)(H,89,95)(H,90,104)(H,91,107)(H,92,106)(H4,73,74,78)(H4,75,76,79). The molecule has 0 radical (unpaired) electrons. The number of hydrogen-bond acceptors (Lipinski definition) is 22. The highest BCUT2D eigenvalue weighted by atomic mass is 33.1. The summed E-state index contributed by atoms with van der Waals surface area (Å²) in [6.45, 7) is 17.7. The third-order valence-corrected chi connectivity index (χ3v) is 19.3. The van der Waals surface area contributed by atoms with Crippen LogP contribution < -0.4 is 103 Å². The average Bonchev–Trinajstić information content (AvgIpc) is 0.839. The van der Waals surface area contributed by atoms with Gasteiger partial charge in [-0.25, -0.2) is 0 Å². The Labute approximate surface area is 646 Å². The first-order valence-corrected chi connectivity index (χ1v) is 39.6. The van der Waals surface area contributed by atoms with Gasteiger partial charge in [0.2, 0.25) is 70.9 Å². The molecule has 0 spiro atoms.